The van der Waals surface area contributed by atoms with Crippen molar-refractivity contribution in [2.24, 2.45) is 0 Å². The van der Waals surface area contributed by atoms with E-state index >= 15 is 0 Å². The molecule has 1 N–H and O–H groups in total. The summed E-state index contributed by atoms with van der Waals surface area (Å²) in [6, 6.07) is 0.366. The Morgan fingerprint density at radius 2 is 2.25 bits per heavy atom. The molecule has 1 unspecified atom stereocenters. The molecule has 0 spiro atoms. The fraction of sp³-hybridized carbons (Fsp3) is 0.714. The van der Waals surface area contributed by atoms with E-state index in [2.05, 4.69) is 28.8 Å². The number of likely N-dealkylation sites (N-methyl/N-ethyl adjacent to an activating group) is 1. The van der Waals surface area contributed by atoms with E-state index in [1.54, 1.807) is 0 Å². The molecule has 0 radical (unpaired) electrons. The average Bonchev–Trinajstić information content (AvgIpc) is 2.70. The first-order chi connectivity index (χ1) is 9.52. The van der Waals surface area contributed by atoms with Gasteiger partial charge >= 0.3 is 5.97 Å². The molecule has 0 saturated carbocycles. The summed E-state index contributed by atoms with van der Waals surface area (Å²) in [4.78, 5) is 20.9. The Balaban J connectivity index is 2.27. The molecule has 2 rings (SSSR count). The van der Waals surface area contributed by atoms with E-state index in [1.807, 2.05) is 6.92 Å². The summed E-state index contributed by atoms with van der Waals surface area (Å²) < 4.78 is 0. The first-order valence-corrected chi connectivity index (χ1v) is 8.02. The number of carboxylic acids is 1. The zero-order chi connectivity index (χ0) is 14.7. The van der Waals surface area contributed by atoms with Gasteiger partial charge in [0.25, 0.3) is 0 Å². The van der Waals surface area contributed by atoms with Gasteiger partial charge in [-0.2, -0.15) is 0 Å². The van der Waals surface area contributed by atoms with Crippen LogP contribution in [0.1, 0.15) is 42.1 Å². The summed E-state index contributed by atoms with van der Waals surface area (Å²) in [6.45, 7) is 7.26. The third-order valence-electron chi connectivity index (χ3n) is 3.66. The Hall–Kier alpha value is -1.14. The molecule has 1 saturated heterocycles. The van der Waals surface area contributed by atoms with E-state index in [1.165, 1.54) is 11.3 Å². The van der Waals surface area contributed by atoms with E-state index < -0.39 is 5.97 Å². The lowest BCUT2D eigenvalue weighted by molar-refractivity contribution is 0.0700. The molecule has 20 heavy (non-hydrogen) atoms. The van der Waals surface area contributed by atoms with Crippen molar-refractivity contribution in [1.82, 2.24) is 9.88 Å². The van der Waals surface area contributed by atoms with Gasteiger partial charge in [0.15, 0.2) is 5.13 Å². The summed E-state index contributed by atoms with van der Waals surface area (Å²) in [5, 5.41) is 10.2. The van der Waals surface area contributed by atoms with Crippen molar-refractivity contribution in [3.05, 3.63) is 10.6 Å². The standard InChI is InChI=1S/C14H23N3O2S/c1-4-6-11-12(13(18)19)20-14(15-11)17-8-5-7-16(3)9-10(17)2/h10H,4-9H2,1-3H3,(H,18,19). The van der Waals surface area contributed by atoms with Crippen LogP contribution in [0.2, 0.25) is 0 Å². The van der Waals surface area contributed by atoms with E-state index in [0.717, 1.165) is 49.7 Å². The lowest BCUT2D eigenvalue weighted by Gasteiger charge is -2.27. The average molecular weight is 297 g/mol. The minimum absolute atomic E-state index is 0.366. The highest BCUT2D eigenvalue weighted by atomic mass is 32.1. The zero-order valence-corrected chi connectivity index (χ0v) is 13.2. The topological polar surface area (TPSA) is 56.7 Å². The summed E-state index contributed by atoms with van der Waals surface area (Å²) >= 11 is 1.33. The Bertz CT molecular complexity index is 475. The molecular formula is C14H23N3O2S. The molecule has 1 atom stereocenters. The van der Waals surface area contributed by atoms with Gasteiger partial charge in [-0.05, 0) is 33.4 Å². The molecule has 6 heteroatoms. The smallest absolute Gasteiger partial charge is 0.347 e. The maximum Gasteiger partial charge on any atom is 0.347 e. The van der Waals surface area contributed by atoms with Crippen LogP contribution in [0.4, 0.5) is 5.13 Å². The van der Waals surface area contributed by atoms with Gasteiger partial charge in [-0.15, -0.1) is 0 Å². The van der Waals surface area contributed by atoms with Gasteiger partial charge in [0, 0.05) is 19.1 Å². The molecule has 1 aromatic heterocycles. The van der Waals surface area contributed by atoms with E-state index in [9.17, 15) is 9.90 Å². The predicted molar refractivity (Wildman–Crippen MR) is 82.0 cm³/mol. The number of aromatic nitrogens is 1. The molecule has 0 aliphatic carbocycles. The van der Waals surface area contributed by atoms with Crippen molar-refractivity contribution >= 4 is 22.4 Å². The molecular weight excluding hydrogens is 274 g/mol. The lowest BCUT2D eigenvalue weighted by Crippen LogP contribution is -2.37. The van der Waals surface area contributed by atoms with Crippen LogP contribution in [0, 0.1) is 0 Å². The fourth-order valence-corrected chi connectivity index (χ4v) is 3.77. The number of carboxylic acid groups (broad SMARTS) is 1. The molecule has 1 fully saturated rings. The van der Waals surface area contributed by atoms with Gasteiger partial charge in [0.2, 0.25) is 0 Å². The highest BCUT2D eigenvalue weighted by molar-refractivity contribution is 7.17. The molecule has 2 heterocycles. The Morgan fingerprint density at radius 3 is 2.90 bits per heavy atom. The van der Waals surface area contributed by atoms with Crippen molar-refractivity contribution in [2.75, 3.05) is 31.6 Å². The second kappa shape index (κ2) is 6.54. The zero-order valence-electron chi connectivity index (χ0n) is 12.4. The van der Waals surface area contributed by atoms with Gasteiger partial charge in [0.05, 0.1) is 5.69 Å². The quantitative estimate of drug-likeness (QED) is 0.924. The SMILES string of the molecule is CCCc1nc(N2CCCN(C)CC2C)sc1C(=O)O. The van der Waals surface area contributed by atoms with E-state index in [4.69, 9.17) is 0 Å². The number of aromatic carboxylic acids is 1. The van der Waals surface area contributed by atoms with Crippen molar-refractivity contribution in [1.29, 1.82) is 0 Å². The molecule has 1 aromatic rings. The van der Waals surface area contributed by atoms with Crippen LogP contribution < -0.4 is 4.90 Å². The molecule has 5 nitrogen and oxygen atoms in total. The number of anilines is 1. The second-order valence-corrected chi connectivity index (χ2v) is 6.46. The molecule has 0 aromatic carbocycles. The predicted octanol–water partition coefficient (Wildman–Crippen LogP) is 2.32. The summed E-state index contributed by atoms with van der Waals surface area (Å²) in [5.41, 5.74) is 0.741. The van der Waals surface area contributed by atoms with E-state index in [-0.39, 0.29) is 0 Å². The van der Waals surface area contributed by atoms with Crippen LogP contribution in [0.15, 0.2) is 0 Å². The Labute approximate surface area is 124 Å². The van der Waals surface area contributed by atoms with Crippen molar-refractivity contribution in [3.63, 3.8) is 0 Å². The number of hydrogen-bond donors (Lipinski definition) is 1. The van der Waals surface area contributed by atoms with Crippen LogP contribution in [-0.4, -0.2) is 53.7 Å². The number of rotatable bonds is 4. The van der Waals surface area contributed by atoms with Crippen molar-refractivity contribution in [2.45, 2.75) is 39.2 Å². The Morgan fingerprint density at radius 1 is 1.50 bits per heavy atom. The maximum absolute atomic E-state index is 11.3. The number of aryl methyl sites for hydroxylation is 1. The van der Waals surface area contributed by atoms with E-state index in [0.29, 0.717) is 10.9 Å². The number of carbonyl (C=O) groups is 1. The highest BCUT2D eigenvalue weighted by Crippen LogP contribution is 2.29. The van der Waals surface area contributed by atoms with Crippen LogP contribution in [-0.2, 0) is 6.42 Å². The number of nitrogens with zero attached hydrogens (tertiary/aromatic N) is 3. The van der Waals surface area contributed by atoms with Gasteiger partial charge in [-0.25, -0.2) is 9.78 Å². The molecule has 1 aliphatic heterocycles. The van der Waals surface area contributed by atoms with Gasteiger partial charge in [0.1, 0.15) is 4.88 Å². The number of thiazole rings is 1. The second-order valence-electron chi connectivity index (χ2n) is 5.49. The fourth-order valence-electron chi connectivity index (χ4n) is 2.69. The number of hydrogen-bond acceptors (Lipinski definition) is 5. The first-order valence-electron chi connectivity index (χ1n) is 7.21. The largest absolute Gasteiger partial charge is 0.477 e. The highest BCUT2D eigenvalue weighted by Gasteiger charge is 2.25. The van der Waals surface area contributed by atoms with Crippen LogP contribution in [0.25, 0.3) is 0 Å². The minimum Gasteiger partial charge on any atom is -0.477 e. The maximum atomic E-state index is 11.3. The molecule has 0 bridgehead atoms. The monoisotopic (exact) mass is 297 g/mol. The molecule has 0 amide bonds. The van der Waals surface area contributed by atoms with Crippen molar-refractivity contribution < 1.29 is 9.90 Å². The van der Waals surface area contributed by atoms with Gasteiger partial charge in [-0.1, -0.05) is 24.7 Å². The third kappa shape index (κ3) is 3.30. The van der Waals surface area contributed by atoms with Crippen LogP contribution in [0.3, 0.4) is 0 Å². The normalized spacial score (nSPS) is 20.9. The molecule has 112 valence electrons. The van der Waals surface area contributed by atoms with Gasteiger partial charge < -0.3 is 14.9 Å². The molecule has 1 aliphatic rings. The Kier molecular flexibility index (Phi) is 4.99. The summed E-state index contributed by atoms with van der Waals surface area (Å²) in [7, 11) is 2.13. The minimum atomic E-state index is -0.850. The van der Waals surface area contributed by atoms with Crippen LogP contribution >= 0.6 is 11.3 Å². The summed E-state index contributed by atoms with van der Waals surface area (Å²) in [6.07, 6.45) is 2.74. The lowest BCUT2D eigenvalue weighted by atomic mass is 10.2. The van der Waals surface area contributed by atoms with Gasteiger partial charge in [-0.3, -0.25) is 0 Å². The van der Waals surface area contributed by atoms with Crippen LogP contribution in [0.5, 0.6) is 0 Å². The first kappa shape index (κ1) is 15.3. The van der Waals surface area contributed by atoms with Crippen molar-refractivity contribution in [3.8, 4) is 0 Å². The third-order valence-corrected chi connectivity index (χ3v) is 4.78. The summed E-state index contributed by atoms with van der Waals surface area (Å²) in [5.74, 6) is -0.850.